The number of benzene rings is 2. The maximum absolute atomic E-state index is 13.9. The monoisotopic (exact) mass is 271 g/mol. The number of nitrogens with one attached hydrogen (secondary N) is 1. The highest BCUT2D eigenvalue weighted by Crippen LogP contribution is 2.27. The van der Waals surface area contributed by atoms with Gasteiger partial charge in [-0.1, -0.05) is 42.5 Å². The molecule has 1 N–H and O–H groups in total. The molecule has 1 aliphatic rings. The fourth-order valence-corrected chi connectivity index (χ4v) is 2.57. The molecule has 0 aromatic heterocycles. The SMILES string of the molecule is Fc1ccccc1-c1ccccc1CO[C@@H]1CCNC1. The molecule has 2 aromatic rings. The lowest BCUT2D eigenvalue weighted by Crippen LogP contribution is -2.16. The Morgan fingerprint density at radius 3 is 2.55 bits per heavy atom. The van der Waals surface area contributed by atoms with E-state index in [0.717, 1.165) is 30.6 Å². The summed E-state index contributed by atoms with van der Waals surface area (Å²) in [6.07, 6.45) is 1.31. The van der Waals surface area contributed by atoms with E-state index < -0.39 is 0 Å². The number of ether oxygens (including phenoxy) is 1. The summed E-state index contributed by atoms with van der Waals surface area (Å²) in [5, 5.41) is 3.28. The third kappa shape index (κ3) is 2.89. The quantitative estimate of drug-likeness (QED) is 0.920. The molecule has 0 radical (unpaired) electrons. The summed E-state index contributed by atoms with van der Waals surface area (Å²) in [7, 11) is 0. The molecule has 0 spiro atoms. The first-order valence-electron chi connectivity index (χ1n) is 7.00. The van der Waals surface area contributed by atoms with E-state index in [-0.39, 0.29) is 11.9 Å². The number of halogens is 1. The molecule has 0 bridgehead atoms. The maximum atomic E-state index is 13.9. The number of rotatable bonds is 4. The molecule has 1 fully saturated rings. The summed E-state index contributed by atoms with van der Waals surface area (Å²) in [5.74, 6) is -0.192. The van der Waals surface area contributed by atoms with E-state index in [1.54, 1.807) is 6.07 Å². The molecule has 104 valence electrons. The van der Waals surface area contributed by atoms with Gasteiger partial charge in [0.05, 0.1) is 12.7 Å². The molecule has 3 heteroatoms. The predicted octanol–water partition coefficient (Wildman–Crippen LogP) is 3.37. The van der Waals surface area contributed by atoms with E-state index in [4.69, 9.17) is 4.74 Å². The average molecular weight is 271 g/mol. The lowest BCUT2D eigenvalue weighted by molar-refractivity contribution is 0.0545. The van der Waals surface area contributed by atoms with Crippen LogP contribution in [-0.4, -0.2) is 19.2 Å². The third-order valence-corrected chi connectivity index (χ3v) is 3.67. The van der Waals surface area contributed by atoms with Crippen LogP contribution in [0.15, 0.2) is 48.5 Å². The zero-order chi connectivity index (χ0) is 13.8. The minimum Gasteiger partial charge on any atom is -0.372 e. The third-order valence-electron chi connectivity index (χ3n) is 3.67. The molecule has 0 amide bonds. The summed E-state index contributed by atoms with van der Waals surface area (Å²) >= 11 is 0. The lowest BCUT2D eigenvalue weighted by atomic mass is 10.00. The van der Waals surface area contributed by atoms with Crippen molar-refractivity contribution in [1.82, 2.24) is 5.32 Å². The fraction of sp³-hybridized carbons (Fsp3) is 0.294. The van der Waals surface area contributed by atoms with Gasteiger partial charge in [-0.05, 0) is 30.2 Å². The topological polar surface area (TPSA) is 21.3 Å². The first kappa shape index (κ1) is 13.3. The molecule has 0 saturated carbocycles. The van der Waals surface area contributed by atoms with Crippen LogP contribution in [0.4, 0.5) is 4.39 Å². The van der Waals surface area contributed by atoms with Gasteiger partial charge < -0.3 is 10.1 Å². The fourth-order valence-electron chi connectivity index (χ4n) is 2.57. The van der Waals surface area contributed by atoms with Crippen LogP contribution in [0, 0.1) is 5.82 Å². The number of hydrogen-bond donors (Lipinski definition) is 1. The first-order chi connectivity index (χ1) is 9.84. The molecule has 2 aromatic carbocycles. The summed E-state index contributed by atoms with van der Waals surface area (Å²) < 4.78 is 19.9. The molecular weight excluding hydrogens is 253 g/mol. The van der Waals surface area contributed by atoms with E-state index >= 15 is 0 Å². The first-order valence-corrected chi connectivity index (χ1v) is 7.00. The van der Waals surface area contributed by atoms with E-state index in [1.807, 2.05) is 36.4 Å². The highest BCUT2D eigenvalue weighted by atomic mass is 19.1. The molecule has 0 aliphatic carbocycles. The molecule has 2 nitrogen and oxygen atoms in total. The Morgan fingerprint density at radius 2 is 1.80 bits per heavy atom. The van der Waals surface area contributed by atoms with Gasteiger partial charge in [-0.2, -0.15) is 0 Å². The Balaban J connectivity index is 1.82. The van der Waals surface area contributed by atoms with Crippen molar-refractivity contribution in [3.63, 3.8) is 0 Å². The van der Waals surface area contributed by atoms with E-state index in [9.17, 15) is 4.39 Å². The van der Waals surface area contributed by atoms with Crippen molar-refractivity contribution in [2.24, 2.45) is 0 Å². The molecule has 1 aliphatic heterocycles. The van der Waals surface area contributed by atoms with Crippen LogP contribution >= 0.6 is 0 Å². The van der Waals surface area contributed by atoms with E-state index in [1.165, 1.54) is 6.07 Å². The van der Waals surface area contributed by atoms with E-state index in [2.05, 4.69) is 5.32 Å². The summed E-state index contributed by atoms with van der Waals surface area (Å²) in [4.78, 5) is 0. The van der Waals surface area contributed by atoms with Gasteiger partial charge in [-0.15, -0.1) is 0 Å². The lowest BCUT2D eigenvalue weighted by Gasteiger charge is -2.14. The molecule has 20 heavy (non-hydrogen) atoms. The van der Waals surface area contributed by atoms with Crippen molar-refractivity contribution in [1.29, 1.82) is 0 Å². The highest BCUT2D eigenvalue weighted by molar-refractivity contribution is 5.67. The minimum absolute atomic E-state index is 0.192. The van der Waals surface area contributed by atoms with Gasteiger partial charge in [0, 0.05) is 12.1 Å². The smallest absolute Gasteiger partial charge is 0.131 e. The van der Waals surface area contributed by atoms with Crippen molar-refractivity contribution in [2.45, 2.75) is 19.1 Å². The second-order valence-corrected chi connectivity index (χ2v) is 5.06. The molecule has 1 saturated heterocycles. The Bertz CT molecular complexity index is 579. The van der Waals surface area contributed by atoms with Crippen molar-refractivity contribution in [3.05, 3.63) is 59.9 Å². The summed E-state index contributed by atoms with van der Waals surface area (Å²) in [5.41, 5.74) is 2.58. The van der Waals surface area contributed by atoms with Crippen LogP contribution < -0.4 is 5.32 Å². The van der Waals surface area contributed by atoms with Crippen LogP contribution in [-0.2, 0) is 11.3 Å². The predicted molar refractivity (Wildman–Crippen MR) is 77.9 cm³/mol. The van der Waals surface area contributed by atoms with Crippen LogP contribution in [0.1, 0.15) is 12.0 Å². The Morgan fingerprint density at radius 1 is 1.05 bits per heavy atom. The van der Waals surface area contributed by atoms with E-state index in [0.29, 0.717) is 12.2 Å². The molecule has 0 unspecified atom stereocenters. The largest absolute Gasteiger partial charge is 0.372 e. The van der Waals surface area contributed by atoms with Crippen LogP contribution in [0.25, 0.3) is 11.1 Å². The van der Waals surface area contributed by atoms with Crippen molar-refractivity contribution >= 4 is 0 Å². The maximum Gasteiger partial charge on any atom is 0.131 e. The van der Waals surface area contributed by atoms with Gasteiger partial charge >= 0.3 is 0 Å². The second-order valence-electron chi connectivity index (χ2n) is 5.06. The zero-order valence-electron chi connectivity index (χ0n) is 11.3. The molecular formula is C17H18FNO. The van der Waals surface area contributed by atoms with Crippen LogP contribution in [0.5, 0.6) is 0 Å². The zero-order valence-corrected chi connectivity index (χ0v) is 11.3. The van der Waals surface area contributed by atoms with Gasteiger partial charge in [0.15, 0.2) is 0 Å². The van der Waals surface area contributed by atoms with Crippen LogP contribution in [0.2, 0.25) is 0 Å². The Kier molecular flexibility index (Phi) is 4.09. The van der Waals surface area contributed by atoms with Crippen molar-refractivity contribution in [3.8, 4) is 11.1 Å². The van der Waals surface area contributed by atoms with Gasteiger partial charge in [0.1, 0.15) is 5.82 Å². The van der Waals surface area contributed by atoms with Crippen molar-refractivity contribution < 1.29 is 9.13 Å². The van der Waals surface area contributed by atoms with Crippen molar-refractivity contribution in [2.75, 3.05) is 13.1 Å². The second kappa shape index (κ2) is 6.16. The molecule has 1 atom stereocenters. The Hall–Kier alpha value is -1.71. The van der Waals surface area contributed by atoms with Gasteiger partial charge in [0.2, 0.25) is 0 Å². The van der Waals surface area contributed by atoms with Gasteiger partial charge in [-0.3, -0.25) is 0 Å². The molecule has 3 rings (SSSR count). The van der Waals surface area contributed by atoms with Gasteiger partial charge in [-0.25, -0.2) is 4.39 Å². The average Bonchev–Trinajstić information content (AvgIpc) is 2.99. The number of hydrogen-bond acceptors (Lipinski definition) is 2. The highest BCUT2D eigenvalue weighted by Gasteiger charge is 2.16. The summed E-state index contributed by atoms with van der Waals surface area (Å²) in [6, 6.07) is 14.7. The normalized spacial score (nSPS) is 18.4. The van der Waals surface area contributed by atoms with Crippen LogP contribution in [0.3, 0.4) is 0 Å². The Labute approximate surface area is 118 Å². The van der Waals surface area contributed by atoms with Gasteiger partial charge in [0.25, 0.3) is 0 Å². The summed E-state index contributed by atoms with van der Waals surface area (Å²) in [6.45, 7) is 2.44. The minimum atomic E-state index is -0.192. The standard InChI is InChI=1S/C17H18FNO/c18-17-8-4-3-7-16(17)15-6-2-1-5-13(15)12-20-14-9-10-19-11-14/h1-8,14,19H,9-12H2/t14-/m1/s1. The molecule has 1 heterocycles.